The summed E-state index contributed by atoms with van der Waals surface area (Å²) in [5, 5.41) is 10.4. The Morgan fingerprint density at radius 1 is 1.60 bits per heavy atom. The first-order chi connectivity index (χ1) is 7.25. The van der Waals surface area contributed by atoms with Gasteiger partial charge in [0.25, 0.3) is 0 Å². The molecule has 0 saturated heterocycles. The maximum absolute atomic E-state index is 10.3. The highest BCUT2D eigenvalue weighted by Crippen LogP contribution is 2.22. The fraction of sp³-hybridized carbons (Fsp3) is 0. The molecule has 2 heterocycles. The van der Waals surface area contributed by atoms with Crippen molar-refractivity contribution < 1.29 is 9.90 Å². The van der Waals surface area contributed by atoms with E-state index in [1.54, 1.807) is 17.5 Å². The fourth-order valence-corrected chi connectivity index (χ4v) is 1.82. The Balaban J connectivity index is 2.21. The summed E-state index contributed by atoms with van der Waals surface area (Å²) >= 11 is 1.60. The fourth-order valence-electron chi connectivity index (χ4n) is 1.13. The summed E-state index contributed by atoms with van der Waals surface area (Å²) in [6.07, 6.45) is 4.17. The first-order valence-corrected chi connectivity index (χ1v) is 5.13. The third kappa shape index (κ3) is 2.32. The molecule has 2 N–H and O–H groups in total. The van der Waals surface area contributed by atoms with Gasteiger partial charge in [0.2, 0.25) is 0 Å². The first-order valence-electron chi connectivity index (χ1n) is 4.25. The predicted octanol–water partition coefficient (Wildman–Crippen LogP) is 2.24. The lowest BCUT2D eigenvalue weighted by molar-refractivity contribution is -0.131. The molecule has 0 radical (unpaired) electrons. The average molecular weight is 220 g/mol. The third-order valence-electron chi connectivity index (χ3n) is 1.77. The number of thiophene rings is 1. The second-order valence-electron chi connectivity index (χ2n) is 2.83. The number of aromatic amines is 1. The van der Waals surface area contributed by atoms with Crippen molar-refractivity contribution in [3.63, 3.8) is 0 Å². The molecule has 2 aromatic heterocycles. The number of carbonyl (C=O) groups is 1. The number of hydrogen-bond donors (Lipinski definition) is 2. The molecule has 0 aromatic carbocycles. The van der Waals surface area contributed by atoms with Crippen LogP contribution in [0.3, 0.4) is 0 Å². The van der Waals surface area contributed by atoms with E-state index in [4.69, 9.17) is 5.11 Å². The number of carboxylic acids is 1. The summed E-state index contributed by atoms with van der Waals surface area (Å²) in [4.78, 5) is 18.4. The maximum Gasteiger partial charge on any atom is 0.328 e. The van der Waals surface area contributed by atoms with Gasteiger partial charge in [0.05, 0.1) is 16.8 Å². The van der Waals surface area contributed by atoms with Crippen LogP contribution in [0.4, 0.5) is 0 Å². The van der Waals surface area contributed by atoms with Crippen molar-refractivity contribution in [2.75, 3.05) is 0 Å². The van der Waals surface area contributed by atoms with Gasteiger partial charge in [-0.05, 0) is 17.5 Å². The topological polar surface area (TPSA) is 66.0 Å². The second-order valence-corrected chi connectivity index (χ2v) is 3.78. The van der Waals surface area contributed by atoms with Crippen molar-refractivity contribution in [1.29, 1.82) is 0 Å². The maximum atomic E-state index is 10.3. The molecular weight excluding hydrogens is 212 g/mol. The van der Waals surface area contributed by atoms with Gasteiger partial charge in [-0.15, -0.1) is 11.3 Å². The van der Waals surface area contributed by atoms with E-state index < -0.39 is 5.97 Å². The van der Waals surface area contributed by atoms with Crippen molar-refractivity contribution in [3.05, 3.63) is 35.6 Å². The molecule has 0 atom stereocenters. The quantitative estimate of drug-likeness (QED) is 0.779. The largest absolute Gasteiger partial charge is 0.478 e. The molecule has 2 aromatic rings. The van der Waals surface area contributed by atoms with E-state index in [0.29, 0.717) is 5.82 Å². The normalized spacial score (nSPS) is 10.9. The van der Waals surface area contributed by atoms with E-state index in [1.165, 1.54) is 6.08 Å². The molecule has 15 heavy (non-hydrogen) atoms. The Morgan fingerprint density at radius 3 is 3.13 bits per heavy atom. The molecule has 5 heteroatoms. The van der Waals surface area contributed by atoms with Gasteiger partial charge in [0.1, 0.15) is 5.82 Å². The first kappa shape index (κ1) is 9.67. The Hall–Kier alpha value is -1.88. The summed E-state index contributed by atoms with van der Waals surface area (Å²) < 4.78 is 0. The van der Waals surface area contributed by atoms with Gasteiger partial charge in [-0.1, -0.05) is 6.07 Å². The lowest BCUT2D eigenvalue weighted by Crippen LogP contribution is -1.86. The highest BCUT2D eigenvalue weighted by molar-refractivity contribution is 7.13. The van der Waals surface area contributed by atoms with Crippen molar-refractivity contribution in [1.82, 2.24) is 9.97 Å². The van der Waals surface area contributed by atoms with Crippen LogP contribution in [-0.4, -0.2) is 21.0 Å². The monoisotopic (exact) mass is 220 g/mol. The number of rotatable bonds is 3. The summed E-state index contributed by atoms with van der Waals surface area (Å²) in [6, 6.07) is 3.93. The highest BCUT2D eigenvalue weighted by Gasteiger charge is 2.01. The molecule has 0 amide bonds. The SMILES string of the molecule is O=C(O)/C=C/c1ncc(-c2cccs2)[nH]1. The number of nitrogens with one attached hydrogen (secondary N) is 1. The van der Waals surface area contributed by atoms with Gasteiger partial charge in [-0.25, -0.2) is 9.78 Å². The number of nitrogens with zero attached hydrogens (tertiary/aromatic N) is 1. The number of aromatic nitrogens is 2. The lowest BCUT2D eigenvalue weighted by atomic mass is 10.4. The second kappa shape index (κ2) is 4.10. The zero-order chi connectivity index (χ0) is 10.7. The molecule has 0 bridgehead atoms. The van der Waals surface area contributed by atoms with Crippen LogP contribution in [0.1, 0.15) is 5.82 Å². The van der Waals surface area contributed by atoms with E-state index in [9.17, 15) is 4.79 Å². The van der Waals surface area contributed by atoms with Crippen LogP contribution in [0.2, 0.25) is 0 Å². The molecule has 0 aliphatic rings. The Labute approximate surface area is 89.9 Å². The van der Waals surface area contributed by atoms with Gasteiger partial charge in [-0.3, -0.25) is 0 Å². The Bertz CT molecular complexity index is 485. The lowest BCUT2D eigenvalue weighted by Gasteiger charge is -1.88. The van der Waals surface area contributed by atoms with Crippen LogP contribution >= 0.6 is 11.3 Å². The molecular formula is C10H8N2O2S. The van der Waals surface area contributed by atoms with Crippen molar-refractivity contribution in [2.45, 2.75) is 0 Å². The van der Waals surface area contributed by atoms with Gasteiger partial charge in [-0.2, -0.15) is 0 Å². The number of carboxylic acid groups (broad SMARTS) is 1. The standard InChI is InChI=1S/C10H8N2O2S/c13-10(14)4-3-9-11-6-7(12-9)8-2-1-5-15-8/h1-6H,(H,11,12)(H,13,14)/b4-3+. The van der Waals surface area contributed by atoms with E-state index in [-0.39, 0.29) is 0 Å². The zero-order valence-corrected chi connectivity index (χ0v) is 8.49. The number of aliphatic carboxylic acids is 1. The molecule has 76 valence electrons. The molecule has 0 fully saturated rings. The zero-order valence-electron chi connectivity index (χ0n) is 7.68. The van der Waals surface area contributed by atoms with Crippen LogP contribution in [0, 0.1) is 0 Å². The molecule has 4 nitrogen and oxygen atoms in total. The van der Waals surface area contributed by atoms with Crippen LogP contribution in [-0.2, 0) is 4.79 Å². The Kier molecular flexibility index (Phi) is 2.64. The summed E-state index contributed by atoms with van der Waals surface area (Å²) in [7, 11) is 0. The number of imidazole rings is 1. The third-order valence-corrected chi connectivity index (χ3v) is 2.67. The number of H-pyrrole nitrogens is 1. The highest BCUT2D eigenvalue weighted by atomic mass is 32.1. The molecule has 0 aliphatic carbocycles. The molecule has 0 aliphatic heterocycles. The van der Waals surface area contributed by atoms with Crippen LogP contribution in [0.25, 0.3) is 16.6 Å². The molecule has 0 unspecified atom stereocenters. The number of hydrogen-bond acceptors (Lipinski definition) is 3. The summed E-state index contributed by atoms with van der Waals surface area (Å²) in [6.45, 7) is 0. The predicted molar refractivity (Wildman–Crippen MR) is 58.6 cm³/mol. The van der Waals surface area contributed by atoms with E-state index in [1.807, 2.05) is 17.5 Å². The van der Waals surface area contributed by atoms with Gasteiger partial charge >= 0.3 is 5.97 Å². The van der Waals surface area contributed by atoms with Gasteiger partial charge < -0.3 is 10.1 Å². The van der Waals surface area contributed by atoms with Crippen LogP contribution in [0.5, 0.6) is 0 Å². The van der Waals surface area contributed by atoms with E-state index in [2.05, 4.69) is 9.97 Å². The average Bonchev–Trinajstić information content (AvgIpc) is 2.85. The molecule has 2 rings (SSSR count). The molecule has 0 saturated carbocycles. The minimum atomic E-state index is -0.982. The van der Waals surface area contributed by atoms with Gasteiger partial charge in [0, 0.05) is 6.08 Å². The Morgan fingerprint density at radius 2 is 2.47 bits per heavy atom. The van der Waals surface area contributed by atoms with Crippen molar-refractivity contribution >= 4 is 23.4 Å². The van der Waals surface area contributed by atoms with Crippen molar-refractivity contribution in [3.8, 4) is 10.6 Å². The minimum Gasteiger partial charge on any atom is -0.478 e. The summed E-state index contributed by atoms with van der Waals surface area (Å²) in [5.74, 6) is -0.440. The van der Waals surface area contributed by atoms with Crippen molar-refractivity contribution in [2.24, 2.45) is 0 Å². The van der Waals surface area contributed by atoms with Crippen LogP contribution in [0.15, 0.2) is 29.8 Å². The summed E-state index contributed by atoms with van der Waals surface area (Å²) in [5.41, 5.74) is 0.898. The minimum absolute atomic E-state index is 0.542. The van der Waals surface area contributed by atoms with Crippen LogP contribution < -0.4 is 0 Å². The van der Waals surface area contributed by atoms with E-state index >= 15 is 0 Å². The smallest absolute Gasteiger partial charge is 0.328 e. The van der Waals surface area contributed by atoms with Gasteiger partial charge in [0.15, 0.2) is 0 Å². The van der Waals surface area contributed by atoms with E-state index in [0.717, 1.165) is 16.6 Å². The molecule has 0 spiro atoms.